The van der Waals surface area contributed by atoms with Crippen LogP contribution in [0.1, 0.15) is 31.2 Å². The van der Waals surface area contributed by atoms with Crippen LogP contribution >= 0.6 is 11.8 Å². The lowest BCUT2D eigenvalue weighted by Gasteiger charge is -2.43. The van der Waals surface area contributed by atoms with Gasteiger partial charge < -0.3 is 10.2 Å². The lowest BCUT2D eigenvalue weighted by molar-refractivity contribution is -0.143. The smallest absolute Gasteiger partial charge is 0.317 e. The molecule has 0 amide bonds. The third-order valence-electron chi connectivity index (χ3n) is 5.68. The molecule has 1 aliphatic rings. The van der Waals surface area contributed by atoms with Gasteiger partial charge in [-0.25, -0.2) is 0 Å². The number of aliphatic carboxylic acids is 2. The van der Waals surface area contributed by atoms with Crippen LogP contribution in [0.15, 0.2) is 29.2 Å². The van der Waals surface area contributed by atoms with E-state index in [-0.39, 0.29) is 18.6 Å². The summed E-state index contributed by atoms with van der Waals surface area (Å²) >= 11 is 1.04. The van der Waals surface area contributed by atoms with E-state index in [1.807, 2.05) is 17.5 Å². The molecular weight excluding hydrogens is 428 g/mol. The van der Waals surface area contributed by atoms with E-state index >= 15 is 0 Å². The minimum absolute atomic E-state index is 0.132. The van der Waals surface area contributed by atoms with Crippen LogP contribution < -0.4 is 0 Å². The Morgan fingerprint density at radius 3 is 2.12 bits per heavy atom. The van der Waals surface area contributed by atoms with Crippen molar-refractivity contribution in [1.29, 1.82) is 5.26 Å². The fourth-order valence-corrected chi connectivity index (χ4v) is 4.57. The number of nitriles is 1. The van der Waals surface area contributed by atoms with Crippen LogP contribution in [-0.4, -0.2) is 74.6 Å². The van der Waals surface area contributed by atoms with Gasteiger partial charge in [0.1, 0.15) is 5.40 Å². The van der Waals surface area contributed by atoms with Crippen LogP contribution in [0.25, 0.3) is 0 Å². The summed E-state index contributed by atoms with van der Waals surface area (Å²) in [4.78, 5) is 27.9. The van der Waals surface area contributed by atoms with E-state index < -0.39 is 31.1 Å². The second-order valence-electron chi connectivity index (χ2n) is 7.95. The Morgan fingerprint density at radius 2 is 1.62 bits per heavy atom. The maximum absolute atomic E-state index is 11.4. The summed E-state index contributed by atoms with van der Waals surface area (Å²) in [6.45, 7) is -0.618. The Kier molecular flexibility index (Phi) is 10.5. The highest BCUT2D eigenvalue weighted by Crippen LogP contribution is 2.27. The van der Waals surface area contributed by atoms with Crippen molar-refractivity contribution >= 4 is 23.7 Å². The van der Waals surface area contributed by atoms with Crippen LogP contribution in [0.3, 0.4) is 0 Å². The monoisotopic (exact) mass is 456 g/mol. The molecule has 9 heteroatoms. The second-order valence-corrected chi connectivity index (χ2v) is 8.81. The molecule has 170 valence electrons. The number of hydrogen-bond acceptors (Lipinski definition) is 7. The number of rotatable bonds is 12. The molecule has 32 heavy (non-hydrogen) atoms. The summed E-state index contributed by atoms with van der Waals surface area (Å²) in [7, 11) is 18.1. The van der Waals surface area contributed by atoms with E-state index in [9.17, 15) is 19.8 Å². The minimum atomic E-state index is -1.12. The third kappa shape index (κ3) is 8.10. The Balaban J connectivity index is 2.25. The molecule has 3 atom stereocenters. The molecule has 2 N–H and O–H groups in total. The quantitative estimate of drug-likeness (QED) is 0.279. The summed E-state index contributed by atoms with van der Waals surface area (Å²) in [5.41, 5.74) is 0.880. The van der Waals surface area contributed by atoms with Gasteiger partial charge in [0.25, 0.3) is 0 Å². The minimum Gasteiger partial charge on any atom is -0.480 e. The molecule has 0 unspecified atom stereocenters. The van der Waals surface area contributed by atoms with Crippen LogP contribution in [-0.2, 0) is 16.0 Å². The third-order valence-corrected chi connectivity index (χ3v) is 6.27. The zero-order valence-corrected chi connectivity index (χ0v) is 18.7. The summed E-state index contributed by atoms with van der Waals surface area (Å²) in [6, 6.07) is 6.54. The van der Waals surface area contributed by atoms with Gasteiger partial charge in [0.2, 0.25) is 0 Å². The predicted molar refractivity (Wildman–Crippen MR) is 120 cm³/mol. The van der Waals surface area contributed by atoms with Crippen LogP contribution in [0.4, 0.5) is 0 Å². The van der Waals surface area contributed by atoms with Gasteiger partial charge in [-0.05, 0) is 48.7 Å². The normalized spacial score (nSPS) is 19.8. The number of thiocyanates is 1. The van der Waals surface area contributed by atoms with E-state index in [0.29, 0.717) is 6.42 Å². The van der Waals surface area contributed by atoms with Gasteiger partial charge in [0.05, 0.1) is 13.1 Å². The molecule has 0 bridgehead atoms. The highest BCUT2D eigenvalue weighted by molar-refractivity contribution is 8.03. The zero-order chi connectivity index (χ0) is 23.7. The van der Waals surface area contributed by atoms with Gasteiger partial charge in [0, 0.05) is 50.7 Å². The molecule has 1 aromatic rings. The number of thioether (sulfide) groups is 1. The molecule has 0 aliphatic heterocycles. The fourth-order valence-electron chi connectivity index (χ4n) is 4.19. The van der Waals surface area contributed by atoms with E-state index in [4.69, 9.17) is 26.4 Å². The molecule has 2 rings (SSSR count). The first-order valence-electron chi connectivity index (χ1n) is 10.3. The number of carboxylic acid groups (broad SMARTS) is 2. The SMILES string of the molecule is [CH]N([CH])[C@H]1CCCC[C@@H]1N([CH])C[C@@H](Cc1ccc(SC#N)cc1)N(CC(=O)O)CC(=O)O. The Labute approximate surface area is 194 Å². The average molecular weight is 457 g/mol. The molecule has 1 aromatic carbocycles. The first kappa shape index (κ1) is 26.1. The number of carbonyl (C=O) groups is 2. The topological polar surface area (TPSA) is 108 Å². The summed E-state index contributed by atoms with van der Waals surface area (Å²) < 4.78 is 0. The van der Waals surface area contributed by atoms with E-state index in [1.165, 1.54) is 9.80 Å². The Hall–Kier alpha value is -2.12. The molecule has 0 aromatic heterocycles. The van der Waals surface area contributed by atoms with Gasteiger partial charge in [-0.15, -0.1) is 0 Å². The summed E-state index contributed by atoms with van der Waals surface area (Å²) in [5.74, 6) is -2.24. The molecule has 0 heterocycles. The van der Waals surface area contributed by atoms with Crippen molar-refractivity contribution in [2.45, 2.75) is 55.1 Å². The van der Waals surface area contributed by atoms with Crippen molar-refractivity contribution in [3.8, 4) is 5.40 Å². The van der Waals surface area contributed by atoms with E-state index in [1.54, 1.807) is 17.0 Å². The number of hydrogen-bond donors (Lipinski definition) is 2. The average Bonchev–Trinajstić information content (AvgIpc) is 2.73. The molecule has 1 fully saturated rings. The fraction of sp³-hybridized carbons (Fsp3) is 0.478. The van der Waals surface area contributed by atoms with Crippen molar-refractivity contribution < 1.29 is 19.8 Å². The summed E-state index contributed by atoms with van der Waals surface area (Å²) in [5, 5.41) is 29.5. The lowest BCUT2D eigenvalue weighted by Crippen LogP contribution is -2.54. The van der Waals surface area contributed by atoms with Crippen LogP contribution in [0.5, 0.6) is 0 Å². The molecule has 1 saturated carbocycles. The summed E-state index contributed by atoms with van der Waals surface area (Å²) in [6.07, 6.45) is 3.93. The van der Waals surface area contributed by atoms with Gasteiger partial charge in [-0.1, -0.05) is 25.0 Å². The highest BCUT2D eigenvalue weighted by Gasteiger charge is 2.33. The number of benzene rings is 1. The Bertz CT molecular complexity index is 780. The predicted octanol–water partition coefficient (Wildman–Crippen LogP) is 2.56. The van der Waals surface area contributed by atoms with Crippen molar-refractivity contribution in [2.75, 3.05) is 19.6 Å². The first-order valence-corrected chi connectivity index (χ1v) is 11.2. The lowest BCUT2D eigenvalue weighted by atomic mass is 9.88. The molecule has 0 spiro atoms. The van der Waals surface area contributed by atoms with Crippen molar-refractivity contribution in [1.82, 2.24) is 14.7 Å². The van der Waals surface area contributed by atoms with Gasteiger partial charge in [-0.3, -0.25) is 24.3 Å². The molecule has 0 saturated heterocycles. The maximum Gasteiger partial charge on any atom is 0.317 e. The van der Waals surface area contributed by atoms with E-state index in [2.05, 4.69) is 0 Å². The first-order chi connectivity index (χ1) is 15.2. The van der Waals surface area contributed by atoms with E-state index in [0.717, 1.165) is 47.9 Å². The molecular formula is C23H28N4O4S. The number of nitrogens with zero attached hydrogens (tertiary/aromatic N) is 4. The highest BCUT2D eigenvalue weighted by atomic mass is 32.2. The van der Waals surface area contributed by atoms with Crippen LogP contribution in [0.2, 0.25) is 0 Å². The Morgan fingerprint density at radius 1 is 1.06 bits per heavy atom. The van der Waals surface area contributed by atoms with Crippen molar-refractivity contribution in [2.24, 2.45) is 0 Å². The number of carboxylic acids is 2. The van der Waals surface area contributed by atoms with Gasteiger partial charge in [-0.2, -0.15) is 5.26 Å². The van der Waals surface area contributed by atoms with Crippen LogP contribution in [0, 0.1) is 31.8 Å². The van der Waals surface area contributed by atoms with Gasteiger partial charge in [0.15, 0.2) is 0 Å². The standard InChI is InChI=1S/C23H28N4O4S/c1-25(2)20-6-4-5-7-21(20)26(3)13-18(27(14-22(28)29)15-23(30)31)12-17-8-10-19(11-9-17)32-16-24/h1-3,8-11,18,20-21H,4-7,12-15H2,(H,28,29)(H,30,31)/t18-,20+,21+/m1/s1. The maximum atomic E-state index is 11.4. The zero-order valence-electron chi connectivity index (χ0n) is 17.8. The molecule has 8 nitrogen and oxygen atoms in total. The van der Waals surface area contributed by atoms with Crippen molar-refractivity contribution in [3.63, 3.8) is 0 Å². The largest absolute Gasteiger partial charge is 0.480 e. The molecule has 1 aliphatic carbocycles. The molecule has 6 radical (unpaired) electrons. The second kappa shape index (κ2) is 12.8. The van der Waals surface area contributed by atoms with Gasteiger partial charge >= 0.3 is 11.9 Å². The van der Waals surface area contributed by atoms with Crippen molar-refractivity contribution in [3.05, 3.63) is 51.0 Å².